The second-order valence-electron chi connectivity index (χ2n) is 7.92. The van der Waals surface area contributed by atoms with Gasteiger partial charge in [0.25, 0.3) is 5.56 Å². The van der Waals surface area contributed by atoms with Gasteiger partial charge in [-0.2, -0.15) is 10.2 Å². The van der Waals surface area contributed by atoms with Gasteiger partial charge in [-0.05, 0) is 31.0 Å². The standard InChI is InChI=1S/C24H20N4O4/c29-20-14-16(24(31)32)9-11-18(20)28-21(30)12-10-17(25-28)22-19-8-4-5-13-27(19)26-23(22)15-6-2-1-3-7-15/h1-8,10,12-13,16,18H,9,11,14H2,(H,31,32)/t16-,18+/m0/s1. The number of carboxylic acid groups (broad SMARTS) is 1. The maximum atomic E-state index is 12.7. The van der Waals surface area contributed by atoms with Gasteiger partial charge in [0.15, 0.2) is 5.78 Å². The predicted octanol–water partition coefficient (Wildman–Crippen LogP) is 3.22. The molecule has 0 saturated heterocycles. The van der Waals surface area contributed by atoms with Crippen molar-refractivity contribution in [3.05, 3.63) is 77.2 Å². The third-order valence-electron chi connectivity index (χ3n) is 5.92. The van der Waals surface area contributed by atoms with Gasteiger partial charge in [0.2, 0.25) is 0 Å². The van der Waals surface area contributed by atoms with Crippen LogP contribution in [0.25, 0.3) is 28.0 Å². The molecule has 4 aromatic rings. The summed E-state index contributed by atoms with van der Waals surface area (Å²) in [5.41, 5.74) is 3.35. The highest BCUT2D eigenvalue weighted by Crippen LogP contribution is 2.34. The Kier molecular flexibility index (Phi) is 4.89. The zero-order valence-electron chi connectivity index (χ0n) is 17.1. The lowest BCUT2D eigenvalue weighted by Crippen LogP contribution is -2.37. The van der Waals surface area contributed by atoms with Crippen LogP contribution in [0, 0.1) is 5.92 Å². The van der Waals surface area contributed by atoms with Crippen molar-refractivity contribution in [2.24, 2.45) is 5.92 Å². The first-order valence-corrected chi connectivity index (χ1v) is 10.4. The quantitative estimate of drug-likeness (QED) is 0.535. The van der Waals surface area contributed by atoms with E-state index in [0.29, 0.717) is 12.1 Å². The van der Waals surface area contributed by atoms with E-state index in [2.05, 4.69) is 5.10 Å². The number of benzene rings is 1. The summed E-state index contributed by atoms with van der Waals surface area (Å²) in [6.45, 7) is 0. The Bertz CT molecular complexity index is 1390. The maximum Gasteiger partial charge on any atom is 0.306 e. The third kappa shape index (κ3) is 3.39. The van der Waals surface area contributed by atoms with Crippen LogP contribution in [0.3, 0.4) is 0 Å². The van der Waals surface area contributed by atoms with Crippen LogP contribution >= 0.6 is 0 Å². The molecule has 3 heterocycles. The van der Waals surface area contributed by atoms with Crippen molar-refractivity contribution < 1.29 is 14.7 Å². The van der Waals surface area contributed by atoms with E-state index in [1.807, 2.05) is 54.7 Å². The van der Waals surface area contributed by atoms with Crippen LogP contribution in [-0.4, -0.2) is 36.3 Å². The number of pyridine rings is 1. The monoisotopic (exact) mass is 428 g/mol. The van der Waals surface area contributed by atoms with Gasteiger partial charge < -0.3 is 5.11 Å². The Hall–Kier alpha value is -4.07. The Morgan fingerprint density at radius 3 is 2.47 bits per heavy atom. The number of Topliss-reactive ketones (excluding diaryl/α,β-unsaturated/α-hetero) is 1. The van der Waals surface area contributed by atoms with E-state index in [1.54, 1.807) is 10.6 Å². The smallest absolute Gasteiger partial charge is 0.306 e. The first-order valence-electron chi connectivity index (χ1n) is 10.4. The van der Waals surface area contributed by atoms with Crippen molar-refractivity contribution in [3.8, 4) is 22.5 Å². The molecule has 1 N–H and O–H groups in total. The highest BCUT2D eigenvalue weighted by atomic mass is 16.4. The average Bonchev–Trinajstić information content (AvgIpc) is 3.20. The minimum Gasteiger partial charge on any atom is -0.481 e. The molecule has 1 aromatic carbocycles. The second kappa shape index (κ2) is 7.88. The number of hydrogen-bond acceptors (Lipinski definition) is 5. The highest BCUT2D eigenvalue weighted by Gasteiger charge is 2.34. The second-order valence-corrected chi connectivity index (χ2v) is 7.92. The summed E-state index contributed by atoms with van der Waals surface area (Å²) in [5.74, 6) is -1.97. The van der Waals surface area contributed by atoms with Crippen molar-refractivity contribution in [2.45, 2.75) is 25.3 Å². The molecule has 32 heavy (non-hydrogen) atoms. The van der Waals surface area contributed by atoms with Gasteiger partial charge in [-0.15, -0.1) is 0 Å². The molecule has 0 radical (unpaired) electrons. The number of aromatic nitrogens is 4. The van der Waals surface area contributed by atoms with Crippen LogP contribution in [0.5, 0.6) is 0 Å². The zero-order valence-corrected chi connectivity index (χ0v) is 17.1. The van der Waals surface area contributed by atoms with E-state index in [4.69, 9.17) is 5.10 Å². The molecule has 0 unspecified atom stereocenters. The molecule has 3 aromatic heterocycles. The molecular weight excluding hydrogens is 408 g/mol. The lowest BCUT2D eigenvalue weighted by atomic mass is 9.85. The van der Waals surface area contributed by atoms with Crippen molar-refractivity contribution in [1.82, 2.24) is 19.4 Å². The topological polar surface area (TPSA) is 107 Å². The number of aliphatic carboxylic acids is 1. The Morgan fingerprint density at radius 1 is 0.938 bits per heavy atom. The summed E-state index contributed by atoms with van der Waals surface area (Å²) >= 11 is 0. The number of carboxylic acids is 1. The summed E-state index contributed by atoms with van der Waals surface area (Å²) < 4.78 is 2.97. The van der Waals surface area contributed by atoms with Gasteiger partial charge >= 0.3 is 5.97 Å². The fourth-order valence-corrected chi connectivity index (χ4v) is 4.30. The minimum atomic E-state index is -0.982. The fraction of sp³-hybridized carbons (Fsp3) is 0.208. The van der Waals surface area contributed by atoms with E-state index in [1.165, 1.54) is 10.7 Å². The number of ketones is 1. The highest BCUT2D eigenvalue weighted by molar-refractivity contribution is 5.91. The van der Waals surface area contributed by atoms with E-state index < -0.39 is 23.5 Å². The Morgan fingerprint density at radius 2 is 1.72 bits per heavy atom. The summed E-state index contributed by atoms with van der Waals surface area (Å²) in [5, 5.41) is 18.5. The van der Waals surface area contributed by atoms with Crippen molar-refractivity contribution in [2.75, 3.05) is 0 Å². The lowest BCUT2D eigenvalue weighted by Gasteiger charge is -2.25. The molecule has 160 valence electrons. The molecule has 2 atom stereocenters. The van der Waals surface area contributed by atoms with Crippen LogP contribution < -0.4 is 5.56 Å². The number of rotatable bonds is 4. The van der Waals surface area contributed by atoms with E-state index in [9.17, 15) is 19.5 Å². The van der Waals surface area contributed by atoms with E-state index in [-0.39, 0.29) is 18.6 Å². The summed E-state index contributed by atoms with van der Waals surface area (Å²) in [7, 11) is 0. The SMILES string of the molecule is O=C(O)[C@H]1CC[C@@H](n2nc(-c3c(-c4ccccc4)nn4ccccc34)ccc2=O)C(=O)C1. The largest absolute Gasteiger partial charge is 0.481 e. The normalized spacial score (nSPS) is 18.7. The van der Waals surface area contributed by atoms with Crippen molar-refractivity contribution in [3.63, 3.8) is 0 Å². The average molecular weight is 428 g/mol. The van der Waals surface area contributed by atoms with Gasteiger partial charge in [0.1, 0.15) is 11.7 Å². The molecule has 5 rings (SSSR count). The number of hydrogen-bond donors (Lipinski definition) is 1. The number of nitrogens with zero attached hydrogens (tertiary/aromatic N) is 4. The van der Waals surface area contributed by atoms with Gasteiger partial charge in [-0.1, -0.05) is 36.4 Å². The van der Waals surface area contributed by atoms with Crippen molar-refractivity contribution >= 4 is 17.3 Å². The van der Waals surface area contributed by atoms with Crippen LogP contribution in [0.15, 0.2) is 71.7 Å². The Balaban J connectivity index is 1.64. The lowest BCUT2D eigenvalue weighted by molar-refractivity contribution is -0.146. The molecule has 1 aliphatic carbocycles. The van der Waals surface area contributed by atoms with Gasteiger partial charge in [0, 0.05) is 24.2 Å². The third-order valence-corrected chi connectivity index (χ3v) is 5.92. The van der Waals surface area contributed by atoms with Crippen molar-refractivity contribution in [1.29, 1.82) is 0 Å². The number of carbonyl (C=O) groups excluding carboxylic acids is 1. The number of fused-ring (bicyclic) bond motifs is 1. The molecule has 8 nitrogen and oxygen atoms in total. The van der Waals surface area contributed by atoms with Gasteiger partial charge in [-0.25, -0.2) is 9.20 Å². The van der Waals surface area contributed by atoms with Crippen LogP contribution in [0.1, 0.15) is 25.3 Å². The Labute approximate surface area is 182 Å². The molecule has 1 aliphatic rings. The molecule has 0 spiro atoms. The van der Waals surface area contributed by atoms with Crippen LogP contribution in [-0.2, 0) is 9.59 Å². The first-order chi connectivity index (χ1) is 15.5. The van der Waals surface area contributed by atoms with Gasteiger partial charge in [0.05, 0.1) is 22.7 Å². The van der Waals surface area contributed by atoms with Crippen LogP contribution in [0.4, 0.5) is 0 Å². The minimum absolute atomic E-state index is 0.0929. The first kappa shape index (κ1) is 19.9. The molecule has 0 aliphatic heterocycles. The molecule has 0 amide bonds. The summed E-state index contributed by atoms with van der Waals surface area (Å²) in [6.07, 6.45) is 2.35. The predicted molar refractivity (Wildman–Crippen MR) is 117 cm³/mol. The molecule has 1 saturated carbocycles. The fourth-order valence-electron chi connectivity index (χ4n) is 4.30. The zero-order chi connectivity index (χ0) is 22.2. The van der Waals surface area contributed by atoms with E-state index in [0.717, 1.165) is 22.3 Å². The van der Waals surface area contributed by atoms with Gasteiger partial charge in [-0.3, -0.25) is 14.4 Å². The molecule has 0 bridgehead atoms. The molecule has 8 heteroatoms. The molecule has 1 fully saturated rings. The summed E-state index contributed by atoms with van der Waals surface area (Å²) in [6, 6.07) is 17.7. The summed E-state index contributed by atoms with van der Waals surface area (Å²) in [4.78, 5) is 36.6. The van der Waals surface area contributed by atoms with Crippen LogP contribution in [0.2, 0.25) is 0 Å². The maximum absolute atomic E-state index is 12.7. The number of carbonyl (C=O) groups is 2. The van der Waals surface area contributed by atoms with E-state index >= 15 is 0 Å². The molecular formula is C24H20N4O4.